The average molecular weight is 256 g/mol. The smallest absolute Gasteiger partial charge is 0.130 e. The van der Waals surface area contributed by atoms with Crippen LogP contribution in [0.2, 0.25) is 0 Å². The number of rotatable bonds is 6. The first-order chi connectivity index (χ1) is 8.49. The second-order valence-corrected chi connectivity index (χ2v) is 4.90. The summed E-state index contributed by atoms with van der Waals surface area (Å²) in [6.45, 7) is 8.19. The average Bonchev–Trinajstić information content (AvgIpc) is 2.30. The number of benzene rings is 1. The van der Waals surface area contributed by atoms with Crippen molar-refractivity contribution in [1.82, 2.24) is 4.90 Å². The lowest BCUT2D eigenvalue weighted by atomic mass is 10.0. The zero-order valence-electron chi connectivity index (χ0n) is 11.3. The van der Waals surface area contributed by atoms with Crippen LogP contribution in [-0.2, 0) is 0 Å². The Balaban J connectivity index is 2.99. The standard InChI is InChI=1S/C14H22F2N2/c1-4-18(9-10(2)3)14(8-17)12-6-5-11(15)7-13(12)16/h5-7,10,14H,4,8-9,17H2,1-3H3. The number of hydrogen-bond donors (Lipinski definition) is 1. The molecule has 4 heteroatoms. The highest BCUT2D eigenvalue weighted by Crippen LogP contribution is 2.23. The van der Waals surface area contributed by atoms with Gasteiger partial charge in [0, 0.05) is 30.8 Å². The zero-order valence-corrected chi connectivity index (χ0v) is 11.3. The van der Waals surface area contributed by atoms with E-state index in [0.717, 1.165) is 19.2 Å². The first-order valence-electron chi connectivity index (χ1n) is 6.38. The van der Waals surface area contributed by atoms with Gasteiger partial charge in [-0.05, 0) is 18.5 Å². The van der Waals surface area contributed by atoms with Crippen molar-refractivity contribution in [2.24, 2.45) is 11.7 Å². The Bertz CT molecular complexity index is 380. The Morgan fingerprint density at radius 3 is 2.39 bits per heavy atom. The Labute approximate surface area is 108 Å². The van der Waals surface area contributed by atoms with Crippen molar-refractivity contribution in [3.8, 4) is 0 Å². The molecule has 2 N–H and O–H groups in total. The number of halogens is 2. The minimum absolute atomic E-state index is 0.196. The molecule has 0 aliphatic heterocycles. The van der Waals surface area contributed by atoms with Crippen LogP contribution >= 0.6 is 0 Å². The predicted molar refractivity (Wildman–Crippen MR) is 70.2 cm³/mol. The highest BCUT2D eigenvalue weighted by molar-refractivity contribution is 5.22. The van der Waals surface area contributed by atoms with Crippen LogP contribution in [0.4, 0.5) is 8.78 Å². The molecular weight excluding hydrogens is 234 g/mol. The topological polar surface area (TPSA) is 29.3 Å². The van der Waals surface area contributed by atoms with Gasteiger partial charge in [0.15, 0.2) is 0 Å². The molecule has 1 rings (SSSR count). The molecule has 0 bridgehead atoms. The summed E-state index contributed by atoms with van der Waals surface area (Å²) in [5, 5.41) is 0. The fraction of sp³-hybridized carbons (Fsp3) is 0.571. The summed E-state index contributed by atoms with van der Waals surface area (Å²) >= 11 is 0. The molecule has 1 aromatic carbocycles. The monoisotopic (exact) mass is 256 g/mol. The molecule has 0 aromatic heterocycles. The van der Waals surface area contributed by atoms with Crippen LogP contribution in [0.25, 0.3) is 0 Å². The molecule has 0 heterocycles. The molecule has 1 aromatic rings. The van der Waals surface area contributed by atoms with Crippen molar-refractivity contribution < 1.29 is 8.78 Å². The number of hydrogen-bond acceptors (Lipinski definition) is 2. The lowest BCUT2D eigenvalue weighted by Crippen LogP contribution is -2.36. The van der Waals surface area contributed by atoms with Gasteiger partial charge in [-0.3, -0.25) is 4.90 Å². The van der Waals surface area contributed by atoms with Gasteiger partial charge >= 0.3 is 0 Å². The van der Waals surface area contributed by atoms with Crippen molar-refractivity contribution in [3.63, 3.8) is 0 Å². The van der Waals surface area contributed by atoms with E-state index in [1.54, 1.807) is 0 Å². The van der Waals surface area contributed by atoms with Gasteiger partial charge in [-0.1, -0.05) is 26.8 Å². The normalized spacial score (nSPS) is 13.3. The molecule has 0 aliphatic carbocycles. The maximum absolute atomic E-state index is 13.8. The maximum atomic E-state index is 13.8. The van der Waals surface area contributed by atoms with Gasteiger partial charge in [0.2, 0.25) is 0 Å². The van der Waals surface area contributed by atoms with Crippen molar-refractivity contribution in [2.75, 3.05) is 19.6 Å². The van der Waals surface area contributed by atoms with Crippen LogP contribution in [0.15, 0.2) is 18.2 Å². The Kier molecular flexibility index (Phi) is 5.69. The van der Waals surface area contributed by atoms with Crippen molar-refractivity contribution in [1.29, 1.82) is 0 Å². The molecule has 0 fully saturated rings. The van der Waals surface area contributed by atoms with Crippen molar-refractivity contribution in [2.45, 2.75) is 26.8 Å². The van der Waals surface area contributed by atoms with Gasteiger partial charge in [0.05, 0.1) is 0 Å². The minimum Gasteiger partial charge on any atom is -0.329 e. The molecule has 0 amide bonds. The van der Waals surface area contributed by atoms with Crippen LogP contribution in [-0.4, -0.2) is 24.5 Å². The lowest BCUT2D eigenvalue weighted by molar-refractivity contribution is 0.185. The molecule has 0 radical (unpaired) electrons. The number of likely N-dealkylation sites (N-methyl/N-ethyl adjacent to an activating group) is 1. The summed E-state index contributed by atoms with van der Waals surface area (Å²) < 4.78 is 26.7. The number of nitrogens with two attached hydrogens (primary N) is 1. The quantitative estimate of drug-likeness (QED) is 0.848. The van der Waals surface area contributed by atoms with E-state index in [4.69, 9.17) is 5.73 Å². The van der Waals surface area contributed by atoms with E-state index in [0.29, 0.717) is 18.0 Å². The Morgan fingerprint density at radius 1 is 1.28 bits per heavy atom. The second kappa shape index (κ2) is 6.81. The molecule has 0 saturated heterocycles. The highest BCUT2D eigenvalue weighted by Gasteiger charge is 2.21. The predicted octanol–water partition coefficient (Wildman–Crippen LogP) is 2.94. The molecule has 18 heavy (non-hydrogen) atoms. The van der Waals surface area contributed by atoms with Crippen LogP contribution in [0, 0.1) is 17.6 Å². The Hall–Kier alpha value is -1.00. The minimum atomic E-state index is -0.557. The second-order valence-electron chi connectivity index (χ2n) is 4.90. The molecule has 2 nitrogen and oxygen atoms in total. The third-order valence-electron chi connectivity index (χ3n) is 2.99. The third kappa shape index (κ3) is 3.75. The van der Waals surface area contributed by atoms with Gasteiger partial charge in [-0.2, -0.15) is 0 Å². The molecule has 0 aliphatic rings. The van der Waals surface area contributed by atoms with Gasteiger partial charge in [-0.25, -0.2) is 8.78 Å². The summed E-state index contributed by atoms with van der Waals surface area (Å²) in [6, 6.07) is 3.49. The summed E-state index contributed by atoms with van der Waals surface area (Å²) in [7, 11) is 0. The summed E-state index contributed by atoms with van der Waals surface area (Å²) in [4.78, 5) is 2.13. The molecule has 0 spiro atoms. The zero-order chi connectivity index (χ0) is 13.7. The van der Waals surface area contributed by atoms with E-state index in [1.165, 1.54) is 12.1 Å². The van der Waals surface area contributed by atoms with Gasteiger partial charge in [0.25, 0.3) is 0 Å². The highest BCUT2D eigenvalue weighted by atomic mass is 19.1. The van der Waals surface area contributed by atoms with E-state index >= 15 is 0 Å². The summed E-state index contributed by atoms with van der Waals surface area (Å²) in [5.74, 6) is -0.603. The van der Waals surface area contributed by atoms with Crippen LogP contribution in [0.5, 0.6) is 0 Å². The van der Waals surface area contributed by atoms with Crippen LogP contribution < -0.4 is 5.73 Å². The first kappa shape index (κ1) is 15.1. The van der Waals surface area contributed by atoms with Gasteiger partial charge in [-0.15, -0.1) is 0 Å². The first-order valence-corrected chi connectivity index (χ1v) is 6.38. The van der Waals surface area contributed by atoms with Crippen LogP contribution in [0.1, 0.15) is 32.4 Å². The number of nitrogens with zero attached hydrogens (tertiary/aromatic N) is 1. The van der Waals surface area contributed by atoms with E-state index < -0.39 is 11.6 Å². The molecule has 1 unspecified atom stereocenters. The molecule has 102 valence electrons. The summed E-state index contributed by atoms with van der Waals surface area (Å²) in [6.07, 6.45) is 0. The van der Waals surface area contributed by atoms with Crippen molar-refractivity contribution in [3.05, 3.63) is 35.4 Å². The fourth-order valence-corrected chi connectivity index (χ4v) is 2.19. The van der Waals surface area contributed by atoms with E-state index in [1.807, 2.05) is 6.92 Å². The fourth-order valence-electron chi connectivity index (χ4n) is 2.19. The van der Waals surface area contributed by atoms with E-state index in [-0.39, 0.29) is 6.04 Å². The molecular formula is C14H22F2N2. The van der Waals surface area contributed by atoms with Gasteiger partial charge in [0.1, 0.15) is 11.6 Å². The molecule has 1 atom stereocenters. The SMILES string of the molecule is CCN(CC(C)C)C(CN)c1ccc(F)cc1F. The largest absolute Gasteiger partial charge is 0.329 e. The Morgan fingerprint density at radius 2 is 1.94 bits per heavy atom. The third-order valence-corrected chi connectivity index (χ3v) is 2.99. The van der Waals surface area contributed by atoms with E-state index in [2.05, 4.69) is 18.7 Å². The molecule has 0 saturated carbocycles. The summed E-state index contributed by atoms with van der Waals surface area (Å²) in [5.41, 5.74) is 6.24. The maximum Gasteiger partial charge on any atom is 0.130 e. The van der Waals surface area contributed by atoms with Gasteiger partial charge < -0.3 is 5.73 Å². The lowest BCUT2D eigenvalue weighted by Gasteiger charge is -2.31. The van der Waals surface area contributed by atoms with Crippen molar-refractivity contribution >= 4 is 0 Å². The van der Waals surface area contributed by atoms with Crippen LogP contribution in [0.3, 0.4) is 0 Å². The van der Waals surface area contributed by atoms with E-state index in [9.17, 15) is 8.78 Å².